The number of ketones is 1. The van der Waals surface area contributed by atoms with Crippen LogP contribution in [0.2, 0.25) is 0 Å². The van der Waals surface area contributed by atoms with E-state index in [4.69, 9.17) is 18.9 Å². The highest BCUT2D eigenvalue weighted by Gasteiger charge is 2.47. The van der Waals surface area contributed by atoms with E-state index in [1.165, 1.54) is 13.2 Å². The molecule has 9 heteroatoms. The Kier molecular flexibility index (Phi) is 6.53. The van der Waals surface area contributed by atoms with Gasteiger partial charge in [-0.15, -0.1) is 0 Å². The van der Waals surface area contributed by atoms with Crippen LogP contribution in [-0.2, 0) is 16.0 Å². The molecule has 0 heterocycles. The molecule has 0 bridgehead atoms. The van der Waals surface area contributed by atoms with Crippen molar-refractivity contribution < 1.29 is 43.9 Å². The van der Waals surface area contributed by atoms with Gasteiger partial charge in [-0.2, -0.15) is 0 Å². The summed E-state index contributed by atoms with van der Waals surface area (Å²) in [4.78, 5) is 24.9. The van der Waals surface area contributed by atoms with Gasteiger partial charge in [-0.25, -0.2) is 0 Å². The van der Waals surface area contributed by atoms with Crippen LogP contribution in [0.3, 0.4) is 0 Å². The average molecular weight is 472 g/mol. The van der Waals surface area contributed by atoms with Crippen LogP contribution in [-0.4, -0.2) is 53.6 Å². The van der Waals surface area contributed by atoms with Gasteiger partial charge in [0.1, 0.15) is 12.0 Å². The summed E-state index contributed by atoms with van der Waals surface area (Å²) in [7, 11) is 1.34. The first kappa shape index (κ1) is 24.0. The van der Waals surface area contributed by atoms with Crippen LogP contribution in [0.5, 0.6) is 17.2 Å². The molecule has 0 spiro atoms. The molecule has 2 aliphatic carbocycles. The van der Waals surface area contributed by atoms with Crippen LogP contribution in [0.1, 0.15) is 48.5 Å². The molecule has 0 unspecified atom stereocenters. The minimum atomic E-state index is -3.44. The van der Waals surface area contributed by atoms with E-state index < -0.39 is 11.6 Å². The highest BCUT2D eigenvalue weighted by atomic mass is 16.9. The Bertz CT molecular complexity index is 1100. The molecule has 2 aromatic rings. The largest absolute Gasteiger partial charge is 0.490 e. The molecule has 2 aliphatic rings. The average Bonchev–Trinajstić information content (AvgIpc) is 3.13. The van der Waals surface area contributed by atoms with Gasteiger partial charge in [-0.1, -0.05) is 24.6 Å². The molecular weight excluding hydrogens is 444 g/mol. The number of Topliss-reactive ketones (excluding diaryl/α,β-unsaturated/α-hetero) is 1. The number of esters is 1. The summed E-state index contributed by atoms with van der Waals surface area (Å²) >= 11 is 0. The van der Waals surface area contributed by atoms with E-state index in [1.807, 2.05) is 6.07 Å². The third-order valence-electron chi connectivity index (χ3n) is 6.41. The van der Waals surface area contributed by atoms with E-state index in [1.54, 1.807) is 25.1 Å². The summed E-state index contributed by atoms with van der Waals surface area (Å²) in [5, 5.41) is 28.1. The topological polar surface area (TPSA) is 132 Å². The summed E-state index contributed by atoms with van der Waals surface area (Å²) in [6.07, 6.45) is -0.360. The summed E-state index contributed by atoms with van der Waals surface area (Å²) in [5.74, 6) is -0.267. The molecule has 9 nitrogen and oxygen atoms in total. The molecule has 0 aromatic heterocycles. The highest BCUT2D eigenvalue weighted by molar-refractivity contribution is 6.02. The van der Waals surface area contributed by atoms with Crippen molar-refractivity contribution in [1.29, 1.82) is 0 Å². The van der Waals surface area contributed by atoms with Gasteiger partial charge in [-0.3, -0.25) is 9.59 Å². The van der Waals surface area contributed by atoms with Crippen LogP contribution in [0.15, 0.2) is 30.3 Å². The van der Waals surface area contributed by atoms with Crippen molar-refractivity contribution in [3.05, 3.63) is 41.5 Å². The molecule has 0 saturated heterocycles. The summed E-state index contributed by atoms with van der Waals surface area (Å²) in [6, 6.07) is 8.45. The lowest BCUT2D eigenvalue weighted by Gasteiger charge is -2.38. The zero-order valence-electron chi connectivity index (χ0n) is 19.1. The van der Waals surface area contributed by atoms with Crippen LogP contribution in [0.25, 0.3) is 11.1 Å². The van der Waals surface area contributed by atoms with Gasteiger partial charge in [0.2, 0.25) is 5.75 Å². The maximum Gasteiger partial charge on any atom is 0.453 e. The minimum Gasteiger partial charge on any atom is -0.490 e. The lowest BCUT2D eigenvalue weighted by Crippen LogP contribution is -2.44. The van der Waals surface area contributed by atoms with Gasteiger partial charge in [0.15, 0.2) is 17.3 Å². The van der Waals surface area contributed by atoms with E-state index in [9.17, 15) is 24.9 Å². The number of fused-ring (bicyclic) bond motifs is 1. The predicted molar refractivity (Wildman–Crippen MR) is 120 cm³/mol. The maximum atomic E-state index is 12.6. The normalized spacial score (nSPS) is 16.4. The van der Waals surface area contributed by atoms with Gasteiger partial charge in [-0.05, 0) is 49.4 Å². The Balaban J connectivity index is 1.80. The number of benzene rings is 2. The molecule has 1 saturated carbocycles. The Hall–Kier alpha value is -3.14. The minimum absolute atomic E-state index is 0.000663. The number of hydrogen-bond acceptors (Lipinski definition) is 9. The first-order valence-electron chi connectivity index (χ1n) is 11.2. The van der Waals surface area contributed by atoms with E-state index in [-0.39, 0.29) is 42.2 Å². The Morgan fingerprint density at radius 3 is 2.38 bits per heavy atom. The Labute approximate surface area is 196 Å². The maximum absolute atomic E-state index is 12.6. The quantitative estimate of drug-likeness (QED) is 0.372. The molecule has 1 fully saturated rings. The molecule has 3 N–H and O–H groups in total. The number of methoxy groups -OCH3 is 1. The smallest absolute Gasteiger partial charge is 0.453 e. The molecule has 182 valence electrons. The van der Waals surface area contributed by atoms with Gasteiger partial charge in [0, 0.05) is 17.5 Å². The van der Waals surface area contributed by atoms with Gasteiger partial charge in [0.05, 0.1) is 13.7 Å². The fourth-order valence-corrected chi connectivity index (χ4v) is 4.57. The zero-order chi connectivity index (χ0) is 24.5. The van der Waals surface area contributed by atoms with Crippen molar-refractivity contribution in [2.75, 3.05) is 20.3 Å². The van der Waals surface area contributed by atoms with E-state index >= 15 is 0 Å². The number of carbonyl (C=O) groups is 2. The monoisotopic (exact) mass is 472 g/mol. The van der Waals surface area contributed by atoms with Crippen LogP contribution >= 0.6 is 0 Å². The standard InChI is InChI=1S/C25H28O9/c1-3-32-23(27)24(12-5-13-24)14-33-21-18(9-11-20(22(21)31-2)34-25(28,29)30)15-6-4-7-17-16(15)8-10-19(17)26/h4,6-7,9,11,28-30H,3,5,8,10,12-14H2,1-2H3. The molecule has 0 amide bonds. The lowest BCUT2D eigenvalue weighted by atomic mass is 9.69. The predicted octanol–water partition coefficient (Wildman–Crippen LogP) is 2.57. The third-order valence-corrected chi connectivity index (χ3v) is 6.41. The third kappa shape index (κ3) is 4.46. The first-order chi connectivity index (χ1) is 16.2. The van der Waals surface area contributed by atoms with Crippen LogP contribution in [0, 0.1) is 5.41 Å². The lowest BCUT2D eigenvalue weighted by molar-refractivity contribution is -0.419. The summed E-state index contributed by atoms with van der Waals surface area (Å²) < 4.78 is 21.8. The van der Waals surface area contributed by atoms with E-state index in [0.29, 0.717) is 36.8 Å². The Morgan fingerprint density at radius 1 is 1.03 bits per heavy atom. The van der Waals surface area contributed by atoms with Crippen LogP contribution < -0.4 is 14.2 Å². The second-order valence-electron chi connectivity index (χ2n) is 8.55. The number of rotatable bonds is 9. The number of carbonyl (C=O) groups excluding carboxylic acids is 2. The van der Waals surface area contributed by atoms with Crippen molar-refractivity contribution >= 4 is 11.8 Å². The fourth-order valence-electron chi connectivity index (χ4n) is 4.57. The number of ether oxygens (including phenoxy) is 4. The second-order valence-corrected chi connectivity index (χ2v) is 8.55. The van der Waals surface area contributed by atoms with Crippen molar-refractivity contribution in [2.24, 2.45) is 5.41 Å². The van der Waals surface area contributed by atoms with Gasteiger partial charge >= 0.3 is 12.1 Å². The number of aliphatic hydroxyl groups is 3. The molecule has 0 aliphatic heterocycles. The van der Waals surface area contributed by atoms with E-state index in [0.717, 1.165) is 17.5 Å². The molecular formula is C25H28O9. The van der Waals surface area contributed by atoms with Crippen LogP contribution in [0.4, 0.5) is 0 Å². The summed E-state index contributed by atoms with van der Waals surface area (Å²) in [6.45, 7) is 2.01. The highest BCUT2D eigenvalue weighted by Crippen LogP contribution is 2.49. The fraction of sp³-hybridized carbons (Fsp3) is 0.440. The Morgan fingerprint density at radius 2 is 1.76 bits per heavy atom. The van der Waals surface area contributed by atoms with Gasteiger partial charge < -0.3 is 34.3 Å². The van der Waals surface area contributed by atoms with Crippen molar-refractivity contribution in [1.82, 2.24) is 0 Å². The molecule has 2 aromatic carbocycles. The zero-order valence-corrected chi connectivity index (χ0v) is 19.1. The van der Waals surface area contributed by atoms with Crippen molar-refractivity contribution in [3.63, 3.8) is 0 Å². The first-order valence-corrected chi connectivity index (χ1v) is 11.2. The summed E-state index contributed by atoms with van der Waals surface area (Å²) in [5.41, 5.74) is 2.06. The van der Waals surface area contributed by atoms with E-state index in [2.05, 4.69) is 0 Å². The molecule has 0 atom stereocenters. The molecule has 0 radical (unpaired) electrons. The van der Waals surface area contributed by atoms with Gasteiger partial charge in [0.25, 0.3) is 0 Å². The number of hydrogen-bond donors (Lipinski definition) is 3. The SMILES string of the molecule is CCOC(=O)C1(COc2c(-c3cccc4c3CCC4=O)ccc(OC(O)(O)O)c2OC)CCC1. The molecule has 4 rings (SSSR count). The van der Waals surface area contributed by atoms with Crippen molar-refractivity contribution in [3.8, 4) is 28.4 Å². The van der Waals surface area contributed by atoms with Crippen molar-refractivity contribution in [2.45, 2.75) is 45.2 Å². The second kappa shape index (κ2) is 9.25. The molecule has 34 heavy (non-hydrogen) atoms.